The molecule has 1 aromatic carbocycles. The average molecular weight is 259 g/mol. The van der Waals surface area contributed by atoms with E-state index in [-0.39, 0.29) is 18.7 Å². The fourth-order valence-corrected chi connectivity index (χ4v) is 1.75. The van der Waals surface area contributed by atoms with Crippen molar-refractivity contribution in [2.75, 3.05) is 0 Å². The smallest absolute Gasteiger partial charge is 0.251 e. The molecule has 0 saturated carbocycles. The molecule has 5 heteroatoms. The quantitative estimate of drug-likeness (QED) is 0.870. The number of benzene rings is 1. The molecule has 0 radical (unpaired) electrons. The van der Waals surface area contributed by atoms with Crippen LogP contribution in [0.5, 0.6) is 5.75 Å². The maximum atomic E-state index is 11.4. The molecule has 0 aliphatic rings. The zero-order chi connectivity index (χ0) is 13.8. The Morgan fingerprint density at radius 1 is 1.32 bits per heavy atom. The van der Waals surface area contributed by atoms with Gasteiger partial charge in [0, 0.05) is 12.6 Å². The first-order chi connectivity index (χ1) is 9.08. The third-order valence-electron chi connectivity index (χ3n) is 2.76. The fraction of sp³-hybridized carbons (Fsp3) is 0.286. The monoisotopic (exact) mass is 259 g/mol. The molecule has 3 N–H and O–H groups in total. The van der Waals surface area contributed by atoms with Crippen LogP contribution in [0.2, 0.25) is 0 Å². The third-order valence-corrected chi connectivity index (χ3v) is 2.76. The number of hydrogen-bond donors (Lipinski definition) is 2. The summed E-state index contributed by atoms with van der Waals surface area (Å²) >= 11 is 0. The molecule has 1 heterocycles. The van der Waals surface area contributed by atoms with Crippen molar-refractivity contribution in [3.8, 4) is 5.75 Å². The number of aromatic amines is 1. The van der Waals surface area contributed by atoms with Crippen molar-refractivity contribution >= 4 is 0 Å². The van der Waals surface area contributed by atoms with Crippen LogP contribution in [0.15, 0.2) is 29.1 Å². The van der Waals surface area contributed by atoms with Crippen LogP contribution in [0.4, 0.5) is 0 Å². The second kappa shape index (κ2) is 5.67. The Morgan fingerprint density at radius 2 is 2.11 bits per heavy atom. The first-order valence-corrected chi connectivity index (χ1v) is 6.07. The molecule has 0 saturated heterocycles. The van der Waals surface area contributed by atoms with Gasteiger partial charge in [0.1, 0.15) is 18.2 Å². The van der Waals surface area contributed by atoms with Gasteiger partial charge in [0.2, 0.25) is 0 Å². The van der Waals surface area contributed by atoms with Crippen LogP contribution < -0.4 is 16.0 Å². The van der Waals surface area contributed by atoms with Gasteiger partial charge in [-0.2, -0.15) is 0 Å². The van der Waals surface area contributed by atoms with E-state index in [0.29, 0.717) is 11.5 Å². The molecule has 0 bridgehead atoms. The van der Waals surface area contributed by atoms with Crippen molar-refractivity contribution in [2.45, 2.75) is 27.0 Å². The molecule has 0 aliphatic carbocycles. The minimum atomic E-state index is -0.213. The van der Waals surface area contributed by atoms with Crippen molar-refractivity contribution < 1.29 is 4.74 Å². The van der Waals surface area contributed by atoms with Crippen LogP contribution in [-0.2, 0) is 13.2 Å². The predicted octanol–water partition coefficient (Wildman–Crippen LogP) is 1.42. The number of H-pyrrole nitrogens is 1. The normalized spacial score (nSPS) is 10.5. The SMILES string of the molecule is Cc1ccc(C)c(OCc2nc(CN)cc(=O)[nH]2)c1. The molecule has 0 aliphatic heterocycles. The summed E-state index contributed by atoms with van der Waals surface area (Å²) in [6, 6.07) is 7.37. The summed E-state index contributed by atoms with van der Waals surface area (Å²) in [5.74, 6) is 1.27. The highest BCUT2D eigenvalue weighted by molar-refractivity contribution is 5.35. The number of rotatable bonds is 4. The molecular formula is C14H17N3O2. The highest BCUT2D eigenvalue weighted by Crippen LogP contribution is 2.19. The van der Waals surface area contributed by atoms with Gasteiger partial charge in [-0.25, -0.2) is 4.98 Å². The molecule has 0 fully saturated rings. The van der Waals surface area contributed by atoms with E-state index in [1.807, 2.05) is 32.0 Å². The maximum absolute atomic E-state index is 11.4. The molecule has 5 nitrogen and oxygen atoms in total. The minimum absolute atomic E-state index is 0.213. The van der Waals surface area contributed by atoms with Crippen molar-refractivity contribution in [1.29, 1.82) is 0 Å². The van der Waals surface area contributed by atoms with Gasteiger partial charge < -0.3 is 15.5 Å². The Labute approximate surface area is 111 Å². The van der Waals surface area contributed by atoms with Crippen molar-refractivity contribution in [3.05, 3.63) is 57.3 Å². The third kappa shape index (κ3) is 3.42. The van der Waals surface area contributed by atoms with E-state index in [1.165, 1.54) is 6.07 Å². The van der Waals surface area contributed by atoms with E-state index in [2.05, 4.69) is 9.97 Å². The van der Waals surface area contributed by atoms with Gasteiger partial charge in [0.15, 0.2) is 0 Å². The molecular weight excluding hydrogens is 242 g/mol. The van der Waals surface area contributed by atoms with E-state index in [1.54, 1.807) is 0 Å². The van der Waals surface area contributed by atoms with Gasteiger partial charge in [-0.1, -0.05) is 12.1 Å². The van der Waals surface area contributed by atoms with Gasteiger partial charge in [-0.05, 0) is 31.0 Å². The van der Waals surface area contributed by atoms with E-state index >= 15 is 0 Å². The largest absolute Gasteiger partial charge is 0.485 e. The molecule has 0 spiro atoms. The number of aryl methyl sites for hydroxylation is 2. The Hall–Kier alpha value is -2.14. The Morgan fingerprint density at radius 3 is 2.84 bits per heavy atom. The number of nitrogens with zero attached hydrogens (tertiary/aromatic N) is 1. The van der Waals surface area contributed by atoms with Gasteiger partial charge in [-0.3, -0.25) is 4.79 Å². The van der Waals surface area contributed by atoms with Crippen LogP contribution in [0, 0.1) is 13.8 Å². The topological polar surface area (TPSA) is 81.0 Å². The van der Waals surface area contributed by atoms with E-state index in [9.17, 15) is 4.79 Å². The number of hydrogen-bond acceptors (Lipinski definition) is 4. The summed E-state index contributed by atoms with van der Waals surface area (Å²) in [5.41, 5.74) is 8.00. The highest BCUT2D eigenvalue weighted by Gasteiger charge is 2.04. The number of ether oxygens (including phenoxy) is 1. The van der Waals surface area contributed by atoms with Crippen molar-refractivity contribution in [3.63, 3.8) is 0 Å². The van der Waals surface area contributed by atoms with Crippen molar-refractivity contribution in [2.24, 2.45) is 5.73 Å². The number of nitrogens with two attached hydrogens (primary N) is 1. The van der Waals surface area contributed by atoms with Crippen LogP contribution >= 0.6 is 0 Å². The summed E-state index contributed by atoms with van der Waals surface area (Å²) < 4.78 is 5.68. The lowest BCUT2D eigenvalue weighted by molar-refractivity contribution is 0.292. The summed E-state index contributed by atoms with van der Waals surface area (Å²) in [6.45, 7) is 4.43. The number of nitrogens with one attached hydrogen (secondary N) is 1. The molecule has 1 aromatic heterocycles. The average Bonchev–Trinajstić information content (AvgIpc) is 2.39. The zero-order valence-corrected chi connectivity index (χ0v) is 11.1. The summed E-state index contributed by atoms with van der Waals surface area (Å²) in [5, 5.41) is 0. The van der Waals surface area contributed by atoms with Crippen molar-refractivity contribution in [1.82, 2.24) is 9.97 Å². The standard InChI is InChI=1S/C14H17N3O2/c1-9-3-4-10(2)12(5-9)19-8-13-16-11(7-15)6-14(18)17-13/h3-6H,7-8,15H2,1-2H3,(H,16,17,18). The molecule has 2 rings (SSSR count). The summed E-state index contributed by atoms with van der Waals surface area (Å²) in [7, 11) is 0. The van der Waals surface area contributed by atoms with Crippen LogP contribution in [0.3, 0.4) is 0 Å². The molecule has 100 valence electrons. The second-order valence-corrected chi connectivity index (χ2v) is 4.45. The molecule has 0 amide bonds. The van der Waals surface area contributed by atoms with E-state index < -0.39 is 0 Å². The summed E-state index contributed by atoms with van der Waals surface area (Å²) in [6.07, 6.45) is 0. The lowest BCUT2D eigenvalue weighted by Gasteiger charge is -2.09. The van der Waals surface area contributed by atoms with Crippen LogP contribution in [0.1, 0.15) is 22.6 Å². The van der Waals surface area contributed by atoms with Gasteiger partial charge >= 0.3 is 0 Å². The Kier molecular flexibility index (Phi) is 3.97. The maximum Gasteiger partial charge on any atom is 0.251 e. The van der Waals surface area contributed by atoms with Crippen LogP contribution in [-0.4, -0.2) is 9.97 Å². The lowest BCUT2D eigenvalue weighted by atomic mass is 10.1. The minimum Gasteiger partial charge on any atom is -0.485 e. The molecule has 0 atom stereocenters. The molecule has 2 aromatic rings. The molecule has 19 heavy (non-hydrogen) atoms. The Balaban J connectivity index is 2.16. The fourth-order valence-electron chi connectivity index (χ4n) is 1.75. The van der Waals surface area contributed by atoms with Gasteiger partial charge in [0.05, 0.1) is 5.69 Å². The highest BCUT2D eigenvalue weighted by atomic mass is 16.5. The van der Waals surface area contributed by atoms with Gasteiger partial charge in [0.25, 0.3) is 5.56 Å². The van der Waals surface area contributed by atoms with Gasteiger partial charge in [-0.15, -0.1) is 0 Å². The predicted molar refractivity (Wildman–Crippen MR) is 73.0 cm³/mol. The molecule has 0 unspecified atom stereocenters. The van der Waals surface area contributed by atoms with Crippen LogP contribution in [0.25, 0.3) is 0 Å². The second-order valence-electron chi connectivity index (χ2n) is 4.45. The number of aromatic nitrogens is 2. The van der Waals surface area contributed by atoms with E-state index in [0.717, 1.165) is 16.9 Å². The summed E-state index contributed by atoms with van der Waals surface area (Å²) in [4.78, 5) is 18.2. The first-order valence-electron chi connectivity index (χ1n) is 6.07. The zero-order valence-electron chi connectivity index (χ0n) is 11.1. The van der Waals surface area contributed by atoms with E-state index in [4.69, 9.17) is 10.5 Å². The Bertz CT molecular complexity index is 635. The first kappa shape index (κ1) is 13.3. The lowest BCUT2D eigenvalue weighted by Crippen LogP contribution is -2.16.